The molecule has 2 fully saturated rings. The zero-order valence-corrected chi connectivity index (χ0v) is 66.3. The molecule has 3 aliphatic rings. The van der Waals surface area contributed by atoms with E-state index in [2.05, 4.69) is 42.6 Å². The number of pyridine rings is 2. The Labute approximate surface area is 666 Å². The first-order valence-electron chi connectivity index (χ1n) is 36.1. The number of nitrogens with one attached hydrogen (secondary N) is 5. The highest BCUT2D eigenvalue weighted by Gasteiger charge is 2.41. The van der Waals surface area contributed by atoms with E-state index in [1.807, 2.05) is 62.4 Å². The number of benzene rings is 4. The molecule has 0 spiro atoms. The first kappa shape index (κ1) is 89.0. The number of Topliss-reactive ketones (excluding diaryl/α,β-unsaturated/α-hetero) is 1. The Bertz CT molecular complexity index is 4750. The number of hydrazine groups is 2. The van der Waals surface area contributed by atoms with Gasteiger partial charge in [-0.25, -0.2) is 25.4 Å². The summed E-state index contributed by atoms with van der Waals surface area (Å²) < 4.78 is 13.7. The summed E-state index contributed by atoms with van der Waals surface area (Å²) in [6.45, 7) is 19.6. The molecular weight excluding hydrogens is 1530 g/mol. The average Bonchev–Trinajstić information content (AvgIpc) is 1.12. The van der Waals surface area contributed by atoms with Gasteiger partial charge in [0.15, 0.2) is 11.2 Å². The fourth-order valence-electron chi connectivity index (χ4n) is 12.1. The maximum Gasteiger partial charge on any atom is 0.353 e. The van der Waals surface area contributed by atoms with Gasteiger partial charge in [0.2, 0.25) is 21.5 Å². The summed E-state index contributed by atoms with van der Waals surface area (Å²) in [4.78, 5) is 159. The summed E-state index contributed by atoms with van der Waals surface area (Å²) >= 11 is 16.9. The lowest BCUT2D eigenvalue weighted by Crippen LogP contribution is -2.61. The Morgan fingerprint density at radius 2 is 1.40 bits per heavy atom. The Morgan fingerprint density at radius 3 is 1.97 bits per heavy atom. The normalized spacial score (nSPS) is 20.5. The Morgan fingerprint density at radius 1 is 0.805 bits per heavy atom. The zero-order chi connectivity index (χ0) is 83.7. The van der Waals surface area contributed by atoms with Gasteiger partial charge in [-0.05, 0) is 139 Å². The molecule has 0 saturated carbocycles. The summed E-state index contributed by atoms with van der Waals surface area (Å²) in [5, 5.41) is 64.3. The SMILES string of the molecule is CC(C)[C@@H]1CC(=O)C(C)(C#N)/C=C/c2ccc3ccc(nc3c2)[C@@H](C)OC(=O)[C@@H]2CCCN(N2)C(=O)[C@H](C)NC1=O.CC(C)[C@H](NC(=O)C(C)(C#N)/C=C/c1ccc2ccc([C@@H](C)O)nc2c1)C(=O)N[C@@H](C)C(=O)N1CCC[C@@H](C(=O)OCC(Cl)(Cl)Cl)N1.Cc1cccc([N+](=O)[O-])c1C(=O)OC(=O)c1c(C)cccc1[N+](=O)[O-]. The number of fused-ring (bicyclic) bond motifs is 5. The molecule has 5 bridgehead atoms. The van der Waals surface area contributed by atoms with Crippen molar-refractivity contribution in [2.45, 2.75) is 161 Å². The second-order valence-electron chi connectivity index (χ2n) is 28.5. The van der Waals surface area contributed by atoms with Crippen molar-refractivity contribution >= 4 is 139 Å². The van der Waals surface area contributed by atoms with Crippen LogP contribution in [0.3, 0.4) is 0 Å². The Kier molecular flexibility index (Phi) is 30.6. The lowest BCUT2D eigenvalue weighted by atomic mass is 9.79. The van der Waals surface area contributed by atoms with Gasteiger partial charge in [0.25, 0.3) is 23.2 Å². The van der Waals surface area contributed by atoms with Crippen LogP contribution in [0.5, 0.6) is 0 Å². The number of carbonyl (C=O) groups excluding carboxylic acids is 10. The van der Waals surface area contributed by atoms with Gasteiger partial charge in [-0.1, -0.05) is 147 Å². The Balaban J connectivity index is 0.000000245. The number of ketones is 1. The van der Waals surface area contributed by atoms with E-state index < -0.39 is 150 Å². The van der Waals surface area contributed by atoms with Crippen LogP contribution >= 0.6 is 34.8 Å². The standard InChI is InChI=1S/C32H39Cl3N6O6.C31H37N5O5.C16H12N2O7/c1-18(2)26(27(43)37-19(3)28(44)41-14-6-7-24(40-41)29(45)47-17-32(33,34)35)39-30(46)31(5,16-36)13-12-21-8-9-22-10-11-23(20(4)42)38-25(22)15-21;1-18(2)23-16-27(37)31(5,17-32)13-12-21-8-9-22-10-11-24(34-26(22)15-21)20(4)41-30(40)25-7-6-14-36(35-25)29(39)19(3)33-28(23)38;1-9-5-3-7-11(17(21)22)13(9)15(19)25-16(20)14-10(2)6-4-8-12(14)18(23)24/h8-13,15,18-20,24,26,40,42H,6-7,14,17H2,1-5H3,(H,37,43)(H,39,46);8-13,15,18-20,23,25,35H,6-7,14,16H2,1-5H3,(H,33,38);3-8H,1-2H3/b2*13-12+;/t19-,20+,24-,26-,31?;19-,20+,23-,25-,31?;/m00./s1. The van der Waals surface area contributed by atoms with Crippen LogP contribution in [0.25, 0.3) is 34.0 Å². The number of hydrogen-bond acceptors (Lipinski definition) is 24. The van der Waals surface area contributed by atoms with Gasteiger partial charge in [0.1, 0.15) is 59.5 Å². The van der Waals surface area contributed by atoms with Crippen LogP contribution in [0, 0.1) is 85.3 Å². The van der Waals surface area contributed by atoms with Crippen molar-refractivity contribution < 1.29 is 77.1 Å². The van der Waals surface area contributed by atoms with E-state index in [0.29, 0.717) is 60.2 Å². The number of nitrogens with zero attached hydrogens (tertiary/aromatic N) is 8. The maximum atomic E-state index is 13.4. The lowest BCUT2D eigenvalue weighted by molar-refractivity contribution is -0.385. The number of amides is 5. The number of ether oxygens (including phenoxy) is 3. The van der Waals surface area contributed by atoms with Crippen LogP contribution in [0.2, 0.25) is 0 Å². The number of nitro benzene ring substituents is 2. The van der Waals surface area contributed by atoms with Crippen LogP contribution in [0.4, 0.5) is 11.4 Å². The number of allylic oxidation sites excluding steroid dienone is 1. The lowest BCUT2D eigenvalue weighted by Gasteiger charge is -2.35. The number of carbonyl (C=O) groups is 10. The molecule has 6 N–H and O–H groups in total. The van der Waals surface area contributed by atoms with Gasteiger partial charge in [-0.3, -0.25) is 73.6 Å². The van der Waals surface area contributed by atoms with Crippen molar-refractivity contribution in [3.05, 3.63) is 174 Å². The van der Waals surface area contributed by atoms with Crippen LogP contribution in [-0.2, 0) is 52.6 Å². The zero-order valence-electron chi connectivity index (χ0n) is 64.1. The summed E-state index contributed by atoms with van der Waals surface area (Å²) in [7, 11) is 0. The summed E-state index contributed by atoms with van der Waals surface area (Å²) in [6, 6.07) is 25.7. The number of aromatic nitrogens is 2. The van der Waals surface area contributed by atoms with Crippen molar-refractivity contribution in [1.29, 1.82) is 10.5 Å². The molecule has 6 aromatic rings. The summed E-state index contributed by atoms with van der Waals surface area (Å²) in [5.74, 6) is -8.09. The van der Waals surface area contributed by atoms with Crippen LogP contribution in [-0.4, -0.2) is 148 Å². The number of rotatable bonds is 16. The van der Waals surface area contributed by atoms with Gasteiger partial charge in [-0.15, -0.1) is 0 Å². The predicted octanol–water partition coefficient (Wildman–Crippen LogP) is 10.6. The summed E-state index contributed by atoms with van der Waals surface area (Å²) in [6.07, 6.45) is 6.72. The van der Waals surface area contributed by atoms with Gasteiger partial charge in [0.05, 0.1) is 50.5 Å². The van der Waals surface area contributed by atoms with E-state index in [1.54, 1.807) is 71.0 Å². The molecule has 5 heterocycles. The number of halogens is 3. The van der Waals surface area contributed by atoms with Crippen molar-refractivity contribution in [1.82, 2.24) is 46.8 Å². The number of aliphatic hydroxyl groups is 1. The monoisotopic (exact) mass is 1610 g/mol. The minimum absolute atomic E-state index is 0.158. The van der Waals surface area contributed by atoms with Crippen molar-refractivity contribution in [3.63, 3.8) is 0 Å². The van der Waals surface area contributed by atoms with Crippen molar-refractivity contribution in [3.8, 4) is 12.1 Å². The number of esters is 4. The molecule has 2 unspecified atom stereocenters. The topological polar surface area (TPSA) is 445 Å². The van der Waals surface area contributed by atoms with E-state index in [4.69, 9.17) is 49.3 Å². The highest BCUT2D eigenvalue weighted by Crippen LogP contribution is 2.32. The van der Waals surface area contributed by atoms with Gasteiger partial charge in [0, 0.05) is 48.3 Å². The largest absolute Gasteiger partial charge is 0.460 e. The summed E-state index contributed by atoms with van der Waals surface area (Å²) in [5.41, 5.74) is 5.16. The second kappa shape index (κ2) is 38.8. The molecule has 2 saturated heterocycles. The molecule has 0 radical (unpaired) electrons. The Hall–Kier alpha value is -11.2. The molecule has 2 aromatic heterocycles. The number of hydrogen-bond donors (Lipinski definition) is 6. The average molecular weight is 1610 g/mol. The number of nitro groups is 2. The predicted molar refractivity (Wildman–Crippen MR) is 416 cm³/mol. The maximum absolute atomic E-state index is 13.4. The van der Waals surface area contributed by atoms with Gasteiger partial charge >= 0.3 is 23.9 Å². The molecule has 31 nitrogen and oxygen atoms in total. The van der Waals surface area contributed by atoms with Crippen LogP contribution in [0.1, 0.15) is 168 Å². The second-order valence-corrected chi connectivity index (χ2v) is 31.1. The van der Waals surface area contributed by atoms with E-state index in [9.17, 15) is 83.8 Å². The third-order valence-corrected chi connectivity index (χ3v) is 19.3. The molecule has 113 heavy (non-hydrogen) atoms. The van der Waals surface area contributed by atoms with E-state index in [1.165, 1.54) is 75.0 Å². The van der Waals surface area contributed by atoms with E-state index >= 15 is 0 Å². The number of alkyl halides is 3. The third-order valence-electron chi connectivity index (χ3n) is 18.9. The molecule has 10 atom stereocenters. The quantitative estimate of drug-likeness (QED) is 0.0131. The van der Waals surface area contributed by atoms with Crippen LogP contribution in [0.15, 0.2) is 109 Å². The molecule has 0 aliphatic carbocycles. The smallest absolute Gasteiger partial charge is 0.353 e. The van der Waals surface area contributed by atoms with E-state index in [0.717, 1.165) is 28.5 Å². The van der Waals surface area contributed by atoms with Gasteiger partial charge < -0.3 is 35.3 Å². The van der Waals surface area contributed by atoms with Crippen molar-refractivity contribution in [2.75, 3.05) is 19.7 Å². The fourth-order valence-corrected chi connectivity index (χ4v) is 12.2. The molecule has 9 rings (SSSR count). The highest BCUT2D eigenvalue weighted by molar-refractivity contribution is 6.67. The first-order chi connectivity index (χ1) is 53.1. The number of aliphatic hydroxyl groups excluding tert-OH is 1. The third kappa shape index (κ3) is 23.5. The minimum Gasteiger partial charge on any atom is -0.460 e. The fraction of sp³-hybridized carbons (Fsp3) is 0.418. The molecule has 34 heteroatoms. The number of aryl methyl sites for hydroxylation is 2. The van der Waals surface area contributed by atoms with Crippen molar-refractivity contribution in [2.24, 2.45) is 28.6 Å². The minimum atomic E-state index is -1.78. The van der Waals surface area contributed by atoms with Gasteiger partial charge in [-0.2, -0.15) is 10.5 Å². The molecule has 3 aliphatic heterocycles. The molecule has 598 valence electrons. The van der Waals surface area contributed by atoms with Crippen LogP contribution < -0.4 is 26.8 Å². The molecular formula is C79H88Cl3N13O18. The van der Waals surface area contributed by atoms with E-state index in [-0.39, 0.29) is 46.9 Å². The number of cyclic esters (lactones) is 1. The molecule has 5 amide bonds. The number of nitriles is 2. The highest BCUT2D eigenvalue weighted by atomic mass is 35.6. The first-order valence-corrected chi connectivity index (χ1v) is 37.2. The molecule has 4 aromatic carbocycles.